The van der Waals surface area contributed by atoms with E-state index in [2.05, 4.69) is 0 Å². The number of carbonyl (C=O) groups excluding carboxylic acids is 4. The Hall–Kier alpha value is -7.86. The molecule has 0 radical (unpaired) electrons. The zero-order valence-electron chi connectivity index (χ0n) is 29.3. The number of anilines is 2. The molecule has 276 valence electrons. The third kappa shape index (κ3) is 7.22. The van der Waals surface area contributed by atoms with E-state index in [-0.39, 0.29) is 47.1 Å². The lowest BCUT2D eigenvalue weighted by molar-refractivity contribution is -0.120. The Kier molecular flexibility index (Phi) is 10.2. The Labute approximate surface area is 319 Å². The van der Waals surface area contributed by atoms with Crippen molar-refractivity contribution in [2.24, 2.45) is 0 Å². The molecule has 12 heteroatoms. The summed E-state index contributed by atoms with van der Waals surface area (Å²) in [4.78, 5) is 82.6. The van der Waals surface area contributed by atoms with E-state index >= 15 is 9.59 Å². The van der Waals surface area contributed by atoms with Crippen molar-refractivity contribution in [1.29, 1.82) is 0 Å². The topological polar surface area (TPSA) is 168 Å². The zero-order valence-corrected chi connectivity index (χ0v) is 29.3. The fourth-order valence-electron chi connectivity index (χ4n) is 6.41. The second-order valence-electron chi connectivity index (χ2n) is 12.5. The number of nitrogens with zero attached hydrogens (tertiary/aromatic N) is 2. The second kappa shape index (κ2) is 15.6. The van der Waals surface area contributed by atoms with E-state index in [9.17, 15) is 29.4 Å². The summed E-state index contributed by atoms with van der Waals surface area (Å²) in [5, 5.41) is 20.4. The molecule has 0 fully saturated rings. The molecule has 2 amide bonds. The zero-order chi connectivity index (χ0) is 39.3. The summed E-state index contributed by atoms with van der Waals surface area (Å²) >= 11 is 0. The van der Waals surface area contributed by atoms with Gasteiger partial charge in [-0.15, -0.1) is 0 Å². The van der Waals surface area contributed by atoms with Crippen LogP contribution in [0.5, 0.6) is 0 Å². The maximum absolute atomic E-state index is 15.1. The largest absolute Gasteiger partial charge is 0.478 e. The molecule has 5 aromatic rings. The molecule has 56 heavy (non-hydrogen) atoms. The summed E-state index contributed by atoms with van der Waals surface area (Å²) in [6.07, 6.45) is 4.21. The smallest absolute Gasteiger partial charge is 0.344 e. The Morgan fingerprint density at radius 1 is 0.500 bits per heavy atom. The van der Waals surface area contributed by atoms with Crippen molar-refractivity contribution in [1.82, 2.24) is 0 Å². The van der Waals surface area contributed by atoms with Gasteiger partial charge in [-0.25, -0.2) is 19.2 Å². The number of carbonyl (C=O) groups is 6. The molecule has 0 saturated heterocycles. The van der Waals surface area contributed by atoms with Crippen molar-refractivity contribution in [2.45, 2.75) is 0 Å². The van der Waals surface area contributed by atoms with Crippen molar-refractivity contribution in [3.8, 4) is 0 Å². The molecule has 2 aliphatic heterocycles. The minimum absolute atomic E-state index is 0.0692. The third-order valence-corrected chi connectivity index (χ3v) is 9.06. The SMILES string of the molecule is O=C1OC(=CCN(C(=O)C(=Cc2ccccc2)C(=O)N(CC=C2OC(=O)c3ccccc32)c2ccccc2C(=O)O)c2ccccc2C(=O)O)c2ccccc21. The van der Waals surface area contributed by atoms with Crippen LogP contribution >= 0.6 is 0 Å². The van der Waals surface area contributed by atoms with Crippen molar-refractivity contribution in [2.75, 3.05) is 22.9 Å². The minimum Gasteiger partial charge on any atom is -0.478 e. The van der Waals surface area contributed by atoms with Crippen molar-refractivity contribution in [3.05, 3.63) is 184 Å². The van der Waals surface area contributed by atoms with E-state index in [1.807, 2.05) is 0 Å². The number of hydrogen-bond donors (Lipinski definition) is 2. The van der Waals surface area contributed by atoms with Gasteiger partial charge in [-0.1, -0.05) is 91.0 Å². The fraction of sp³-hybridized carbons (Fsp3) is 0.0455. The molecule has 5 aromatic carbocycles. The molecule has 2 aliphatic rings. The second-order valence-corrected chi connectivity index (χ2v) is 12.5. The molecule has 0 spiro atoms. The highest BCUT2D eigenvalue weighted by atomic mass is 16.5. The van der Waals surface area contributed by atoms with Gasteiger partial charge in [-0.3, -0.25) is 9.59 Å². The monoisotopic (exact) mass is 746 g/mol. The van der Waals surface area contributed by atoms with Crippen LogP contribution in [0.2, 0.25) is 0 Å². The summed E-state index contributed by atoms with van der Waals surface area (Å²) in [6.45, 7) is -0.718. The number of benzene rings is 5. The van der Waals surface area contributed by atoms with E-state index in [0.717, 1.165) is 9.80 Å². The predicted octanol–water partition coefficient (Wildman–Crippen LogP) is 6.96. The normalized spacial score (nSPS) is 14.0. The molecule has 12 nitrogen and oxygen atoms in total. The molecule has 0 unspecified atom stereocenters. The van der Waals surface area contributed by atoms with Crippen LogP contribution in [0.25, 0.3) is 17.6 Å². The minimum atomic E-state index is -1.35. The van der Waals surface area contributed by atoms with Gasteiger partial charge < -0.3 is 29.5 Å². The lowest BCUT2D eigenvalue weighted by atomic mass is 10.0. The number of ether oxygens (including phenoxy) is 2. The van der Waals surface area contributed by atoms with Gasteiger partial charge in [0.1, 0.15) is 17.1 Å². The first-order valence-electron chi connectivity index (χ1n) is 17.2. The number of fused-ring (bicyclic) bond motifs is 2. The van der Waals surface area contributed by atoms with Crippen molar-refractivity contribution in [3.63, 3.8) is 0 Å². The van der Waals surface area contributed by atoms with E-state index in [0.29, 0.717) is 27.8 Å². The van der Waals surface area contributed by atoms with Gasteiger partial charge in [0.25, 0.3) is 11.8 Å². The average molecular weight is 747 g/mol. The molecule has 0 aromatic heterocycles. The quantitative estimate of drug-likeness (QED) is 0.0624. The van der Waals surface area contributed by atoms with Gasteiger partial charge in [-0.2, -0.15) is 0 Å². The van der Waals surface area contributed by atoms with E-state index in [1.165, 1.54) is 66.8 Å². The van der Waals surface area contributed by atoms with Crippen LogP contribution < -0.4 is 9.80 Å². The van der Waals surface area contributed by atoms with Gasteiger partial charge in [0, 0.05) is 24.2 Å². The number of hydrogen-bond acceptors (Lipinski definition) is 8. The molecule has 0 atom stereocenters. The Morgan fingerprint density at radius 2 is 0.875 bits per heavy atom. The van der Waals surface area contributed by atoms with Gasteiger partial charge in [-0.05, 0) is 60.2 Å². The van der Waals surface area contributed by atoms with Crippen LogP contribution in [0, 0.1) is 0 Å². The number of rotatable bonds is 11. The van der Waals surface area contributed by atoms with Crippen LogP contribution in [0.1, 0.15) is 58.1 Å². The maximum atomic E-state index is 15.1. The summed E-state index contributed by atoms with van der Waals surface area (Å²) in [6, 6.07) is 33.2. The highest BCUT2D eigenvalue weighted by molar-refractivity contribution is 6.31. The number of aromatic carboxylic acids is 2. The molecule has 0 saturated carbocycles. The highest BCUT2D eigenvalue weighted by Crippen LogP contribution is 2.33. The molecular weight excluding hydrogens is 716 g/mol. The molecular formula is C44H30N2O10. The summed E-state index contributed by atoms with van der Waals surface area (Å²) in [7, 11) is 0. The first-order valence-corrected chi connectivity index (χ1v) is 17.2. The third-order valence-electron chi connectivity index (χ3n) is 9.06. The van der Waals surface area contributed by atoms with Crippen LogP contribution in [0.3, 0.4) is 0 Å². The number of esters is 2. The Morgan fingerprint density at radius 3 is 1.30 bits per heavy atom. The summed E-state index contributed by atoms with van der Waals surface area (Å²) in [5.41, 5.74) is 0.845. The molecule has 7 rings (SSSR count). The van der Waals surface area contributed by atoms with Crippen LogP contribution in [-0.4, -0.2) is 59.0 Å². The average Bonchev–Trinajstić information content (AvgIpc) is 3.72. The predicted molar refractivity (Wildman–Crippen MR) is 206 cm³/mol. The summed E-state index contributed by atoms with van der Waals surface area (Å²) < 4.78 is 11.0. The highest BCUT2D eigenvalue weighted by Gasteiger charge is 2.34. The van der Waals surface area contributed by atoms with Crippen LogP contribution in [0.15, 0.2) is 145 Å². The van der Waals surface area contributed by atoms with Gasteiger partial charge in [0.05, 0.1) is 33.6 Å². The van der Waals surface area contributed by atoms with E-state index in [4.69, 9.17) is 9.47 Å². The molecule has 2 N–H and O–H groups in total. The first kappa shape index (κ1) is 36.5. The maximum Gasteiger partial charge on any atom is 0.344 e. The molecule has 0 bridgehead atoms. The lowest BCUT2D eigenvalue weighted by Crippen LogP contribution is -2.41. The fourth-order valence-corrected chi connectivity index (χ4v) is 6.41. The number of amides is 2. The number of cyclic esters (lactones) is 2. The molecule has 2 heterocycles. The number of para-hydroxylation sites is 2. The first-order chi connectivity index (χ1) is 27.1. The van der Waals surface area contributed by atoms with Crippen LogP contribution in [0.4, 0.5) is 11.4 Å². The van der Waals surface area contributed by atoms with Crippen LogP contribution in [-0.2, 0) is 19.1 Å². The van der Waals surface area contributed by atoms with Gasteiger partial charge >= 0.3 is 23.9 Å². The molecule has 0 aliphatic carbocycles. The standard InChI is InChI=1S/C44H30N2O10/c47-39(45(35-20-10-8-18-32(35)41(49)50)24-22-37-28-14-4-6-16-30(28)43(53)55-37)34(26-27-12-2-1-3-13-27)40(48)46(36-21-11-9-19-33(36)42(51)52)25-23-38-29-15-5-7-17-31(29)44(54)56-38/h1-23,26H,24-25H2,(H,49,50)(H,51,52). The van der Waals surface area contributed by atoms with Gasteiger partial charge in [0.15, 0.2) is 0 Å². The Bertz CT molecular complexity index is 2380. The van der Waals surface area contributed by atoms with Gasteiger partial charge in [0.2, 0.25) is 0 Å². The lowest BCUT2D eigenvalue weighted by Gasteiger charge is -2.28. The van der Waals surface area contributed by atoms with Crippen molar-refractivity contribution < 1.29 is 48.5 Å². The van der Waals surface area contributed by atoms with Crippen molar-refractivity contribution >= 4 is 64.7 Å². The number of carboxylic acid groups (broad SMARTS) is 2. The Balaban J connectivity index is 1.37. The number of carboxylic acids is 2. The van der Waals surface area contributed by atoms with E-state index in [1.54, 1.807) is 78.9 Å². The summed E-state index contributed by atoms with van der Waals surface area (Å²) in [5.74, 6) is -5.55. The van der Waals surface area contributed by atoms with E-state index < -0.39 is 41.3 Å².